The third-order valence-electron chi connectivity index (χ3n) is 5.41. The minimum atomic E-state index is 0.0483. The maximum absolute atomic E-state index is 12.7. The summed E-state index contributed by atoms with van der Waals surface area (Å²) in [6.45, 7) is 9.03. The van der Waals surface area contributed by atoms with Crippen LogP contribution in [0.2, 0.25) is 0 Å². The van der Waals surface area contributed by atoms with E-state index in [4.69, 9.17) is 21.7 Å². The van der Waals surface area contributed by atoms with Gasteiger partial charge in [-0.2, -0.15) is 0 Å². The van der Waals surface area contributed by atoms with E-state index in [1.807, 2.05) is 19.2 Å². The van der Waals surface area contributed by atoms with Gasteiger partial charge >= 0.3 is 0 Å². The molecule has 0 saturated carbocycles. The summed E-state index contributed by atoms with van der Waals surface area (Å²) in [6.07, 6.45) is 2.90. The van der Waals surface area contributed by atoms with Gasteiger partial charge in [0, 0.05) is 45.0 Å². The highest BCUT2D eigenvalue weighted by Crippen LogP contribution is 2.34. The Balaban J connectivity index is 1.32. The Morgan fingerprint density at radius 3 is 2.71 bits per heavy atom. The average Bonchev–Trinajstić information content (AvgIpc) is 3.26. The van der Waals surface area contributed by atoms with Gasteiger partial charge in [0.05, 0.1) is 4.91 Å². The molecule has 8 heteroatoms. The molecule has 1 aromatic carbocycles. The summed E-state index contributed by atoms with van der Waals surface area (Å²) in [5.41, 5.74) is 1.23. The Morgan fingerprint density at radius 2 is 1.96 bits per heavy atom. The third-order valence-corrected chi connectivity index (χ3v) is 6.72. The number of thioether (sulfide) groups is 1. The number of hydrogen-bond acceptors (Lipinski definition) is 7. The molecule has 2 saturated heterocycles. The van der Waals surface area contributed by atoms with Crippen molar-refractivity contribution < 1.29 is 14.3 Å². The zero-order valence-electron chi connectivity index (χ0n) is 16.2. The molecule has 0 N–H and O–H groups in total. The molecule has 6 nitrogen and oxygen atoms in total. The Kier molecular flexibility index (Phi) is 5.80. The molecule has 3 aliphatic rings. The lowest BCUT2D eigenvalue weighted by Crippen LogP contribution is -2.43. The summed E-state index contributed by atoms with van der Waals surface area (Å²) >= 11 is 6.83. The molecule has 1 aromatic rings. The van der Waals surface area contributed by atoms with E-state index in [-0.39, 0.29) is 11.9 Å². The number of thiocarbonyl (C=S) groups is 1. The van der Waals surface area contributed by atoms with Crippen molar-refractivity contribution >= 4 is 34.2 Å². The first kappa shape index (κ1) is 19.5. The van der Waals surface area contributed by atoms with Crippen molar-refractivity contribution in [2.75, 3.05) is 33.0 Å². The monoisotopic (exact) mass is 419 g/mol. The fraction of sp³-hybridized carbons (Fsp3) is 0.500. The van der Waals surface area contributed by atoms with E-state index in [0.29, 0.717) is 11.1 Å². The lowest BCUT2D eigenvalue weighted by Gasteiger charge is -2.34. The number of amides is 1. The van der Waals surface area contributed by atoms with Gasteiger partial charge in [0.1, 0.15) is 4.32 Å². The second-order valence-electron chi connectivity index (χ2n) is 7.29. The van der Waals surface area contributed by atoms with E-state index in [1.54, 1.807) is 4.90 Å². The summed E-state index contributed by atoms with van der Waals surface area (Å²) in [5, 5.41) is 0. The first-order valence-electron chi connectivity index (χ1n) is 9.67. The van der Waals surface area contributed by atoms with Crippen LogP contribution in [0, 0.1) is 0 Å². The maximum atomic E-state index is 12.7. The molecule has 3 heterocycles. The number of piperazine rings is 1. The van der Waals surface area contributed by atoms with Crippen molar-refractivity contribution in [2.24, 2.45) is 0 Å². The van der Waals surface area contributed by atoms with Gasteiger partial charge in [-0.1, -0.05) is 37.0 Å². The van der Waals surface area contributed by atoms with Crippen molar-refractivity contribution in [2.45, 2.75) is 32.9 Å². The number of benzene rings is 1. The molecule has 3 aliphatic heterocycles. The van der Waals surface area contributed by atoms with Crippen LogP contribution < -0.4 is 9.47 Å². The normalized spacial score (nSPS) is 22.4. The van der Waals surface area contributed by atoms with Gasteiger partial charge in [0.25, 0.3) is 5.91 Å². The Morgan fingerprint density at radius 1 is 1.21 bits per heavy atom. The lowest BCUT2D eigenvalue weighted by molar-refractivity contribution is -0.123. The van der Waals surface area contributed by atoms with Crippen molar-refractivity contribution in [1.82, 2.24) is 14.7 Å². The number of carbonyl (C=O) groups is 1. The van der Waals surface area contributed by atoms with E-state index < -0.39 is 0 Å². The molecule has 2 fully saturated rings. The highest BCUT2D eigenvalue weighted by molar-refractivity contribution is 8.26. The van der Waals surface area contributed by atoms with Crippen molar-refractivity contribution in [3.63, 3.8) is 0 Å². The van der Waals surface area contributed by atoms with Crippen LogP contribution in [0.3, 0.4) is 0 Å². The standard InChI is InChI=1S/C20H25N3O3S2/c1-3-14(2)23-19(24)18(28-20(23)27)12-22-8-6-21(7-9-22)11-15-4-5-16-17(10-15)26-13-25-16/h4-5,10,12,14H,3,6-9,11,13H2,1-2H3. The summed E-state index contributed by atoms with van der Waals surface area (Å²) in [4.78, 5) is 19.8. The Labute approximate surface area is 175 Å². The molecule has 1 atom stereocenters. The van der Waals surface area contributed by atoms with Gasteiger partial charge in [-0.25, -0.2) is 0 Å². The van der Waals surface area contributed by atoms with E-state index >= 15 is 0 Å². The predicted octanol–water partition coefficient (Wildman–Crippen LogP) is 3.03. The van der Waals surface area contributed by atoms with Crippen molar-refractivity contribution in [3.8, 4) is 11.5 Å². The van der Waals surface area contributed by atoms with Crippen molar-refractivity contribution in [3.05, 3.63) is 34.9 Å². The van der Waals surface area contributed by atoms with Crippen molar-refractivity contribution in [1.29, 1.82) is 0 Å². The predicted molar refractivity (Wildman–Crippen MR) is 114 cm³/mol. The molecular weight excluding hydrogens is 394 g/mol. The summed E-state index contributed by atoms with van der Waals surface area (Å²) in [5.74, 6) is 1.70. The molecule has 0 radical (unpaired) electrons. The SMILES string of the molecule is CCC(C)N1C(=O)C(=CN2CCN(Cc3ccc4c(c3)OCO4)CC2)SC1=S. The molecule has 150 valence electrons. The van der Waals surface area contributed by atoms with E-state index in [2.05, 4.69) is 28.9 Å². The van der Waals surface area contributed by atoms with Crippen LogP contribution in [0.4, 0.5) is 0 Å². The largest absolute Gasteiger partial charge is 0.454 e. The van der Waals surface area contributed by atoms with Crippen LogP contribution >= 0.6 is 24.0 Å². The van der Waals surface area contributed by atoms with Gasteiger partial charge < -0.3 is 14.4 Å². The molecule has 0 bridgehead atoms. The number of ether oxygens (including phenoxy) is 2. The molecule has 1 amide bonds. The fourth-order valence-electron chi connectivity index (χ4n) is 3.55. The van der Waals surface area contributed by atoms with Crippen LogP contribution in [-0.4, -0.2) is 63.9 Å². The van der Waals surface area contributed by atoms with Crippen LogP contribution in [0.15, 0.2) is 29.3 Å². The first-order chi connectivity index (χ1) is 13.5. The zero-order chi connectivity index (χ0) is 19.7. The zero-order valence-corrected chi connectivity index (χ0v) is 17.9. The van der Waals surface area contributed by atoms with Crippen LogP contribution in [-0.2, 0) is 11.3 Å². The summed E-state index contributed by atoms with van der Waals surface area (Å²) in [6, 6.07) is 6.29. The number of carbonyl (C=O) groups excluding carboxylic acids is 1. The van der Waals surface area contributed by atoms with E-state index in [9.17, 15) is 4.79 Å². The average molecular weight is 420 g/mol. The molecule has 0 spiro atoms. The Bertz CT molecular complexity index is 806. The first-order valence-corrected chi connectivity index (χ1v) is 10.9. The highest BCUT2D eigenvalue weighted by atomic mass is 32.2. The minimum Gasteiger partial charge on any atom is -0.454 e. The summed E-state index contributed by atoms with van der Waals surface area (Å²) < 4.78 is 11.5. The number of fused-ring (bicyclic) bond motifs is 1. The summed E-state index contributed by atoms with van der Waals surface area (Å²) in [7, 11) is 0. The number of hydrogen-bond donors (Lipinski definition) is 0. The molecule has 28 heavy (non-hydrogen) atoms. The fourth-order valence-corrected chi connectivity index (χ4v) is 5.02. The minimum absolute atomic E-state index is 0.0483. The number of rotatable bonds is 5. The van der Waals surface area contributed by atoms with Crippen LogP contribution in [0.5, 0.6) is 11.5 Å². The molecule has 4 rings (SSSR count). The van der Waals surface area contributed by atoms with E-state index in [1.165, 1.54) is 17.3 Å². The van der Waals surface area contributed by atoms with Gasteiger partial charge in [-0.3, -0.25) is 14.6 Å². The van der Waals surface area contributed by atoms with Gasteiger partial charge in [0.2, 0.25) is 6.79 Å². The lowest BCUT2D eigenvalue weighted by atomic mass is 10.1. The number of nitrogens with zero attached hydrogens (tertiary/aromatic N) is 3. The molecule has 0 aliphatic carbocycles. The van der Waals surface area contributed by atoms with Gasteiger partial charge in [-0.05, 0) is 31.0 Å². The van der Waals surface area contributed by atoms with Crippen LogP contribution in [0.1, 0.15) is 25.8 Å². The molecular formula is C20H25N3O3S2. The topological polar surface area (TPSA) is 45.3 Å². The molecule has 0 aromatic heterocycles. The van der Waals surface area contributed by atoms with Gasteiger partial charge in [-0.15, -0.1) is 0 Å². The highest BCUT2D eigenvalue weighted by Gasteiger charge is 2.35. The van der Waals surface area contributed by atoms with E-state index in [0.717, 1.165) is 55.5 Å². The smallest absolute Gasteiger partial charge is 0.267 e. The Hall–Kier alpha value is -1.77. The van der Waals surface area contributed by atoms with Gasteiger partial charge in [0.15, 0.2) is 11.5 Å². The maximum Gasteiger partial charge on any atom is 0.267 e. The second kappa shape index (κ2) is 8.31. The van der Waals surface area contributed by atoms with Crippen LogP contribution in [0.25, 0.3) is 0 Å². The molecule has 1 unspecified atom stereocenters. The quantitative estimate of drug-likeness (QED) is 0.537. The third kappa shape index (κ3) is 3.99. The second-order valence-corrected chi connectivity index (χ2v) is 8.97.